The van der Waals surface area contributed by atoms with Crippen molar-refractivity contribution in [1.82, 2.24) is 4.57 Å². The minimum Gasteiger partial charge on any atom is -0.464 e. The predicted octanol–water partition coefficient (Wildman–Crippen LogP) is 14.7. The first-order valence-corrected chi connectivity index (χ1v) is 18.7. The van der Waals surface area contributed by atoms with E-state index < -0.39 is 0 Å². The maximum Gasteiger partial charge on any atom is 0.136 e. The van der Waals surface area contributed by atoms with Gasteiger partial charge in [-0.2, -0.15) is 0 Å². The standard InChI is InChI=1S/C52H31NO2/c1-3-14-32(15-4-1)44-31-54-48-29-42-41-28-33(26-27-47(41)55-49(42)30-43(44)48)50-35-18-7-9-20-37(35)51(38-21-10-8-19-36(38)50)40-23-13-25-46-52(40)39-22-11-12-24-45(39)53(46)34-16-5-2-6-17-34/h1-31H. The molecule has 0 atom stereocenters. The van der Waals surface area contributed by atoms with Crippen LogP contribution in [0.3, 0.4) is 0 Å². The molecule has 12 rings (SSSR count). The number of benzene rings is 9. The Bertz CT molecular complexity index is 3420. The van der Waals surface area contributed by atoms with Gasteiger partial charge >= 0.3 is 0 Å². The second-order valence-corrected chi connectivity index (χ2v) is 14.4. The Balaban J connectivity index is 1.12. The second-order valence-electron chi connectivity index (χ2n) is 14.4. The normalized spacial score (nSPS) is 12.0. The van der Waals surface area contributed by atoms with Gasteiger partial charge in [0.2, 0.25) is 0 Å². The zero-order valence-corrected chi connectivity index (χ0v) is 29.7. The molecule has 0 N–H and O–H groups in total. The fourth-order valence-corrected chi connectivity index (χ4v) is 9.11. The third-order valence-corrected chi connectivity index (χ3v) is 11.5. The predicted molar refractivity (Wildman–Crippen MR) is 229 cm³/mol. The van der Waals surface area contributed by atoms with Gasteiger partial charge in [-0.25, -0.2) is 0 Å². The molecule has 0 amide bonds. The lowest BCUT2D eigenvalue weighted by Gasteiger charge is -2.18. The summed E-state index contributed by atoms with van der Waals surface area (Å²) < 4.78 is 15.1. The summed E-state index contributed by atoms with van der Waals surface area (Å²) in [6, 6.07) is 65.4. The minimum absolute atomic E-state index is 0.850. The molecule has 0 bridgehead atoms. The average molecular weight is 702 g/mol. The van der Waals surface area contributed by atoms with Crippen LogP contribution in [0.2, 0.25) is 0 Å². The molecule has 3 heteroatoms. The van der Waals surface area contributed by atoms with Crippen LogP contribution in [0.25, 0.3) is 115 Å². The third-order valence-electron chi connectivity index (χ3n) is 11.5. The zero-order valence-electron chi connectivity index (χ0n) is 29.7. The molecule has 0 aliphatic carbocycles. The maximum atomic E-state index is 6.53. The Hall–Kier alpha value is -7.36. The Labute approximate surface area is 315 Å². The highest BCUT2D eigenvalue weighted by Gasteiger charge is 2.22. The van der Waals surface area contributed by atoms with Crippen molar-refractivity contribution >= 4 is 76.3 Å². The molecule has 0 saturated carbocycles. The first-order valence-electron chi connectivity index (χ1n) is 18.7. The average Bonchev–Trinajstić information content (AvgIpc) is 3.93. The molecule has 0 spiro atoms. The summed E-state index contributed by atoms with van der Waals surface area (Å²) in [7, 11) is 0. The van der Waals surface area contributed by atoms with Crippen molar-refractivity contribution in [3.05, 3.63) is 188 Å². The van der Waals surface area contributed by atoms with Gasteiger partial charge in [-0.15, -0.1) is 0 Å². The van der Waals surface area contributed by atoms with Gasteiger partial charge in [-0.1, -0.05) is 133 Å². The third kappa shape index (κ3) is 4.38. The van der Waals surface area contributed by atoms with E-state index in [0.717, 1.165) is 55.3 Å². The van der Waals surface area contributed by atoms with Crippen LogP contribution in [0.1, 0.15) is 0 Å². The Morgan fingerprint density at radius 3 is 1.69 bits per heavy atom. The number of nitrogens with zero attached hydrogens (tertiary/aromatic N) is 1. The quantitative estimate of drug-likeness (QED) is 0.171. The lowest BCUT2D eigenvalue weighted by Crippen LogP contribution is -1.93. The first kappa shape index (κ1) is 30.1. The van der Waals surface area contributed by atoms with Crippen molar-refractivity contribution in [2.75, 3.05) is 0 Å². The van der Waals surface area contributed by atoms with E-state index in [-0.39, 0.29) is 0 Å². The van der Waals surface area contributed by atoms with Crippen LogP contribution in [0.5, 0.6) is 0 Å². The fraction of sp³-hybridized carbons (Fsp3) is 0. The monoisotopic (exact) mass is 701 g/mol. The summed E-state index contributed by atoms with van der Waals surface area (Å²) in [5.74, 6) is 0. The second kappa shape index (κ2) is 11.6. The number of fused-ring (bicyclic) bond motifs is 9. The molecular formula is C52H31NO2. The topological polar surface area (TPSA) is 31.2 Å². The summed E-state index contributed by atoms with van der Waals surface area (Å²) in [6.45, 7) is 0. The molecule has 3 nitrogen and oxygen atoms in total. The molecule has 0 aliphatic rings. The van der Waals surface area contributed by atoms with Crippen molar-refractivity contribution in [3.8, 4) is 39.1 Å². The lowest BCUT2D eigenvalue weighted by atomic mass is 9.84. The molecule has 0 fully saturated rings. The van der Waals surface area contributed by atoms with E-state index in [9.17, 15) is 0 Å². The van der Waals surface area contributed by atoms with Crippen molar-refractivity contribution in [3.63, 3.8) is 0 Å². The number of para-hydroxylation sites is 2. The van der Waals surface area contributed by atoms with Crippen LogP contribution in [0, 0.1) is 0 Å². The molecule has 3 aromatic heterocycles. The van der Waals surface area contributed by atoms with Gasteiger partial charge in [-0.05, 0) is 97.9 Å². The molecular weight excluding hydrogens is 671 g/mol. The van der Waals surface area contributed by atoms with Gasteiger partial charge in [0.05, 0.1) is 17.3 Å². The number of hydrogen-bond donors (Lipinski definition) is 0. The van der Waals surface area contributed by atoms with Gasteiger partial charge in [0, 0.05) is 38.2 Å². The lowest BCUT2D eigenvalue weighted by molar-refractivity contribution is 0.617. The summed E-state index contributed by atoms with van der Waals surface area (Å²) in [5.41, 5.74) is 13.2. The van der Waals surface area contributed by atoms with Crippen LogP contribution in [-0.2, 0) is 0 Å². The Morgan fingerprint density at radius 1 is 0.345 bits per heavy atom. The Kier molecular flexibility index (Phi) is 6.34. The van der Waals surface area contributed by atoms with E-state index in [1.165, 1.54) is 60.0 Å². The van der Waals surface area contributed by atoms with E-state index in [0.29, 0.717) is 0 Å². The molecule has 0 aliphatic heterocycles. The maximum absolute atomic E-state index is 6.53. The smallest absolute Gasteiger partial charge is 0.136 e. The SMILES string of the molecule is c1ccc(-c2coc3cc4c(cc23)oc2ccc(-c3c5ccccc5c(-c5cccc6c5c5ccccc5n6-c5ccccc5)c5ccccc35)cc24)cc1. The number of hydrogen-bond acceptors (Lipinski definition) is 2. The van der Waals surface area contributed by atoms with Gasteiger partial charge in [0.25, 0.3) is 0 Å². The van der Waals surface area contributed by atoms with Gasteiger partial charge in [-0.3, -0.25) is 0 Å². The first-order chi connectivity index (χ1) is 27.3. The van der Waals surface area contributed by atoms with Gasteiger partial charge in [0.1, 0.15) is 16.7 Å². The minimum atomic E-state index is 0.850. The van der Waals surface area contributed by atoms with E-state index >= 15 is 0 Å². The van der Waals surface area contributed by atoms with E-state index in [1.54, 1.807) is 0 Å². The molecule has 12 aromatic rings. The van der Waals surface area contributed by atoms with Crippen molar-refractivity contribution in [2.24, 2.45) is 0 Å². The highest BCUT2D eigenvalue weighted by atomic mass is 16.3. The van der Waals surface area contributed by atoms with Crippen LogP contribution in [-0.4, -0.2) is 4.57 Å². The van der Waals surface area contributed by atoms with E-state index in [2.05, 4.69) is 180 Å². The van der Waals surface area contributed by atoms with Crippen LogP contribution < -0.4 is 0 Å². The highest BCUT2D eigenvalue weighted by molar-refractivity contribution is 6.27. The summed E-state index contributed by atoms with van der Waals surface area (Å²) >= 11 is 0. The largest absolute Gasteiger partial charge is 0.464 e. The van der Waals surface area contributed by atoms with Crippen molar-refractivity contribution in [1.29, 1.82) is 0 Å². The Morgan fingerprint density at radius 2 is 0.945 bits per heavy atom. The summed E-state index contributed by atoms with van der Waals surface area (Å²) in [6.07, 6.45) is 1.85. The van der Waals surface area contributed by atoms with Gasteiger partial charge in [0.15, 0.2) is 0 Å². The zero-order chi connectivity index (χ0) is 36.0. The van der Waals surface area contributed by atoms with E-state index in [4.69, 9.17) is 8.83 Å². The summed E-state index contributed by atoms with van der Waals surface area (Å²) in [4.78, 5) is 0. The molecule has 55 heavy (non-hydrogen) atoms. The molecule has 3 heterocycles. The van der Waals surface area contributed by atoms with E-state index in [1.807, 2.05) is 12.3 Å². The van der Waals surface area contributed by atoms with Crippen molar-refractivity contribution in [2.45, 2.75) is 0 Å². The number of aromatic nitrogens is 1. The van der Waals surface area contributed by atoms with Crippen LogP contribution in [0.4, 0.5) is 0 Å². The fourth-order valence-electron chi connectivity index (χ4n) is 9.11. The molecule has 0 unspecified atom stereocenters. The molecule has 0 radical (unpaired) electrons. The van der Waals surface area contributed by atoms with Crippen LogP contribution in [0.15, 0.2) is 197 Å². The highest BCUT2D eigenvalue weighted by Crippen LogP contribution is 2.48. The molecule has 9 aromatic carbocycles. The number of furan rings is 2. The molecule has 0 saturated heterocycles. The number of rotatable bonds is 4. The summed E-state index contributed by atoms with van der Waals surface area (Å²) in [5, 5.41) is 10.6. The van der Waals surface area contributed by atoms with Crippen molar-refractivity contribution < 1.29 is 8.83 Å². The van der Waals surface area contributed by atoms with Gasteiger partial charge < -0.3 is 13.4 Å². The van der Waals surface area contributed by atoms with Crippen LogP contribution >= 0.6 is 0 Å². The molecule has 256 valence electrons.